The first kappa shape index (κ1) is 10.5. The maximum atomic E-state index is 5.63. The highest BCUT2D eigenvalue weighted by atomic mass is 35.5. The molecule has 4 aliphatic rings. The third-order valence-electron chi connectivity index (χ3n) is 4.43. The molecular weight excluding hydrogens is 194 g/mol. The highest BCUT2D eigenvalue weighted by Gasteiger charge is 2.44. The van der Waals surface area contributed by atoms with Crippen molar-refractivity contribution in [1.29, 1.82) is 0 Å². The molecule has 0 saturated heterocycles. The molecule has 4 rings (SSSR count). The number of hydrogen-bond acceptors (Lipinski definition) is 1. The first-order valence-electron chi connectivity index (χ1n) is 5.77. The van der Waals surface area contributed by atoms with Crippen molar-refractivity contribution in [2.75, 3.05) is 6.54 Å². The lowest BCUT2D eigenvalue weighted by molar-refractivity contribution is 0.0694. The van der Waals surface area contributed by atoms with Crippen molar-refractivity contribution in [3.63, 3.8) is 0 Å². The summed E-state index contributed by atoms with van der Waals surface area (Å²) in [6.07, 6.45) is 9.81. The summed E-state index contributed by atoms with van der Waals surface area (Å²) in [4.78, 5) is 0. The molecule has 1 nitrogen and oxygen atoms in total. The van der Waals surface area contributed by atoms with E-state index in [-0.39, 0.29) is 12.4 Å². The van der Waals surface area contributed by atoms with Crippen LogP contribution in [-0.4, -0.2) is 6.54 Å². The van der Waals surface area contributed by atoms with Gasteiger partial charge in [-0.05, 0) is 55.8 Å². The van der Waals surface area contributed by atoms with E-state index in [2.05, 4.69) is 6.08 Å². The number of halogens is 1. The largest absolute Gasteiger partial charge is 0.327 e. The summed E-state index contributed by atoms with van der Waals surface area (Å²) in [5, 5.41) is 0. The fourth-order valence-corrected chi connectivity index (χ4v) is 4.20. The minimum absolute atomic E-state index is 0. The van der Waals surface area contributed by atoms with Crippen LogP contribution in [0.3, 0.4) is 0 Å². The van der Waals surface area contributed by atoms with Crippen molar-refractivity contribution >= 4 is 12.4 Å². The van der Waals surface area contributed by atoms with Crippen LogP contribution in [0.2, 0.25) is 0 Å². The van der Waals surface area contributed by atoms with Gasteiger partial charge in [0.05, 0.1) is 0 Å². The molecule has 0 amide bonds. The number of hydrogen-bond donors (Lipinski definition) is 1. The first-order valence-corrected chi connectivity index (χ1v) is 5.77. The van der Waals surface area contributed by atoms with Gasteiger partial charge in [-0.2, -0.15) is 0 Å². The van der Waals surface area contributed by atoms with Crippen LogP contribution in [0.15, 0.2) is 11.6 Å². The first-order chi connectivity index (χ1) is 6.36. The van der Waals surface area contributed by atoms with Gasteiger partial charge in [0.2, 0.25) is 0 Å². The van der Waals surface area contributed by atoms with E-state index in [0.29, 0.717) is 0 Å². The van der Waals surface area contributed by atoms with Crippen molar-refractivity contribution in [3.05, 3.63) is 11.6 Å². The zero-order chi connectivity index (χ0) is 8.84. The Morgan fingerprint density at radius 2 is 1.50 bits per heavy atom. The van der Waals surface area contributed by atoms with Crippen molar-refractivity contribution < 1.29 is 0 Å². The Balaban J connectivity index is 0.000000750. The molecule has 2 N–H and O–H groups in total. The molecule has 4 fully saturated rings. The third kappa shape index (κ3) is 1.51. The predicted molar refractivity (Wildman–Crippen MR) is 61.4 cm³/mol. The fourth-order valence-electron chi connectivity index (χ4n) is 4.20. The van der Waals surface area contributed by atoms with Gasteiger partial charge in [-0.1, -0.05) is 11.6 Å². The number of allylic oxidation sites excluding steroid dienone is 1. The lowest BCUT2D eigenvalue weighted by Crippen LogP contribution is -2.40. The minimum atomic E-state index is 0. The highest BCUT2D eigenvalue weighted by Crippen LogP contribution is 2.56. The second kappa shape index (κ2) is 3.86. The van der Waals surface area contributed by atoms with Crippen molar-refractivity contribution in [3.8, 4) is 0 Å². The van der Waals surface area contributed by atoms with Crippen molar-refractivity contribution in [1.82, 2.24) is 0 Å². The summed E-state index contributed by atoms with van der Waals surface area (Å²) in [6, 6.07) is 0. The minimum Gasteiger partial charge on any atom is -0.327 e. The summed E-state index contributed by atoms with van der Waals surface area (Å²) in [7, 11) is 0. The van der Waals surface area contributed by atoms with Crippen molar-refractivity contribution in [2.45, 2.75) is 32.1 Å². The van der Waals surface area contributed by atoms with Crippen LogP contribution in [0.4, 0.5) is 0 Å². The summed E-state index contributed by atoms with van der Waals surface area (Å²) in [6.45, 7) is 0.762. The van der Waals surface area contributed by atoms with Gasteiger partial charge in [0.25, 0.3) is 0 Å². The normalized spacial score (nSPS) is 43.6. The Hall–Kier alpha value is -0.0100. The molecule has 4 aliphatic carbocycles. The maximum Gasteiger partial charge on any atom is 0.0109 e. The van der Waals surface area contributed by atoms with Crippen LogP contribution >= 0.6 is 12.4 Å². The summed E-state index contributed by atoms with van der Waals surface area (Å²) in [5.74, 6) is 4.05. The lowest BCUT2D eigenvalue weighted by Gasteiger charge is -2.51. The molecular formula is C12H20ClN. The predicted octanol–water partition coefficient (Wildman–Crippen LogP) is 2.75. The third-order valence-corrected chi connectivity index (χ3v) is 4.43. The van der Waals surface area contributed by atoms with E-state index in [1.54, 1.807) is 12.0 Å². The summed E-state index contributed by atoms with van der Waals surface area (Å²) >= 11 is 0. The summed E-state index contributed by atoms with van der Waals surface area (Å²) < 4.78 is 0. The van der Waals surface area contributed by atoms with E-state index in [0.717, 1.165) is 30.2 Å². The molecule has 0 spiro atoms. The second-order valence-electron chi connectivity index (χ2n) is 5.24. The van der Waals surface area contributed by atoms with Crippen LogP contribution < -0.4 is 5.73 Å². The van der Waals surface area contributed by atoms with Gasteiger partial charge in [0.15, 0.2) is 0 Å². The van der Waals surface area contributed by atoms with E-state index in [1.165, 1.54) is 25.7 Å². The topological polar surface area (TPSA) is 26.0 Å². The number of rotatable bonds is 1. The van der Waals surface area contributed by atoms with Crippen LogP contribution in [0, 0.1) is 23.7 Å². The van der Waals surface area contributed by atoms with E-state index in [9.17, 15) is 0 Å². The van der Waals surface area contributed by atoms with E-state index in [4.69, 9.17) is 5.73 Å². The molecule has 0 aromatic heterocycles. The maximum absolute atomic E-state index is 5.63. The van der Waals surface area contributed by atoms with Gasteiger partial charge in [0.1, 0.15) is 0 Å². The Morgan fingerprint density at radius 3 is 1.93 bits per heavy atom. The zero-order valence-corrected chi connectivity index (χ0v) is 9.43. The molecule has 4 saturated carbocycles. The van der Waals surface area contributed by atoms with Crippen LogP contribution in [-0.2, 0) is 0 Å². The molecule has 0 unspecified atom stereocenters. The van der Waals surface area contributed by atoms with Gasteiger partial charge in [-0.3, -0.25) is 0 Å². The average molecular weight is 214 g/mol. The van der Waals surface area contributed by atoms with Gasteiger partial charge in [0, 0.05) is 6.54 Å². The highest BCUT2D eigenvalue weighted by molar-refractivity contribution is 5.85. The van der Waals surface area contributed by atoms with E-state index in [1.807, 2.05) is 0 Å². The van der Waals surface area contributed by atoms with Crippen molar-refractivity contribution in [2.24, 2.45) is 29.4 Å². The molecule has 0 atom stereocenters. The molecule has 0 aliphatic heterocycles. The van der Waals surface area contributed by atoms with E-state index >= 15 is 0 Å². The number of nitrogens with two attached hydrogens (primary N) is 1. The molecule has 0 heterocycles. The lowest BCUT2D eigenvalue weighted by atomic mass is 9.54. The quantitative estimate of drug-likeness (QED) is 0.667. The fraction of sp³-hybridized carbons (Fsp3) is 0.833. The zero-order valence-electron chi connectivity index (χ0n) is 8.61. The summed E-state index contributed by atoms with van der Waals surface area (Å²) in [5.41, 5.74) is 7.38. The molecule has 0 aromatic carbocycles. The Kier molecular flexibility index (Phi) is 2.90. The molecule has 80 valence electrons. The second-order valence-corrected chi connectivity index (χ2v) is 5.24. The van der Waals surface area contributed by atoms with Crippen LogP contribution in [0.1, 0.15) is 32.1 Å². The molecule has 4 bridgehead atoms. The Labute approximate surface area is 92.5 Å². The molecule has 14 heavy (non-hydrogen) atoms. The van der Waals surface area contributed by atoms with E-state index < -0.39 is 0 Å². The smallest absolute Gasteiger partial charge is 0.0109 e. The van der Waals surface area contributed by atoms with Gasteiger partial charge in [-0.25, -0.2) is 0 Å². The van der Waals surface area contributed by atoms with Gasteiger partial charge in [-0.15, -0.1) is 12.4 Å². The molecule has 2 heteroatoms. The average Bonchev–Trinajstić information content (AvgIpc) is 2.10. The standard InChI is InChI=1S/C12H19N.ClH/c13-2-1-12-10-4-8-3-9(6-10)7-11(12)5-8;/h1,8-11H,2-7,13H2;1H. The van der Waals surface area contributed by atoms with Crippen LogP contribution in [0.5, 0.6) is 0 Å². The Morgan fingerprint density at radius 1 is 1.00 bits per heavy atom. The van der Waals surface area contributed by atoms with Gasteiger partial charge < -0.3 is 5.73 Å². The molecule has 0 aromatic rings. The van der Waals surface area contributed by atoms with Gasteiger partial charge >= 0.3 is 0 Å². The monoisotopic (exact) mass is 213 g/mol. The SMILES string of the molecule is Cl.NCC=C1C2CC3CC(C2)CC1C3. The van der Waals surface area contributed by atoms with Crippen LogP contribution in [0.25, 0.3) is 0 Å². The Bertz CT molecular complexity index is 217. The molecule has 0 radical (unpaired) electrons.